The highest BCUT2D eigenvalue weighted by atomic mass is 79.9. The van der Waals surface area contributed by atoms with E-state index in [4.69, 9.17) is 15.2 Å². The summed E-state index contributed by atoms with van der Waals surface area (Å²) in [6.45, 7) is 0. The van der Waals surface area contributed by atoms with E-state index in [1.165, 1.54) is 19.2 Å². The highest BCUT2D eigenvalue weighted by Crippen LogP contribution is 2.43. The van der Waals surface area contributed by atoms with Crippen LogP contribution in [0.25, 0.3) is 5.76 Å². The van der Waals surface area contributed by atoms with Crippen LogP contribution in [0, 0.1) is 21.4 Å². The summed E-state index contributed by atoms with van der Waals surface area (Å²) in [4.78, 5) is 23.6. The highest BCUT2D eigenvalue weighted by Gasteiger charge is 2.42. The lowest BCUT2D eigenvalue weighted by molar-refractivity contribution is -0.429. The zero-order valence-corrected chi connectivity index (χ0v) is 16.7. The van der Waals surface area contributed by atoms with Crippen molar-refractivity contribution in [2.75, 3.05) is 7.11 Å². The van der Waals surface area contributed by atoms with E-state index in [-0.39, 0.29) is 28.3 Å². The van der Waals surface area contributed by atoms with Crippen LogP contribution >= 0.6 is 15.9 Å². The third kappa shape index (κ3) is 3.70. The lowest BCUT2D eigenvalue weighted by atomic mass is 9.85. The molecule has 2 aromatic carbocycles. The van der Waals surface area contributed by atoms with Crippen LogP contribution < -0.4 is 5.73 Å². The topological polar surface area (TPSA) is 128 Å². The van der Waals surface area contributed by atoms with Crippen molar-refractivity contribution in [3.05, 3.63) is 97.0 Å². The standard InChI is InChI=1S/C20H14BrN3O5/c1-28-20(25)14-8-3-2-7-13(14)18-17(24(26)27)16(15(10-22)19(23)29-18)11-5-4-6-12(21)9-11/h2-9,16H,23H2,1H3. The largest absolute Gasteiger partial charge is 0.465 e. The quantitative estimate of drug-likeness (QED) is 0.422. The van der Waals surface area contributed by atoms with Gasteiger partial charge in [-0.1, -0.05) is 46.3 Å². The van der Waals surface area contributed by atoms with Crippen LogP contribution in [-0.2, 0) is 9.47 Å². The van der Waals surface area contributed by atoms with Gasteiger partial charge in [0.15, 0.2) is 0 Å². The molecule has 2 aromatic rings. The van der Waals surface area contributed by atoms with Crippen LogP contribution in [0.3, 0.4) is 0 Å². The molecule has 0 saturated heterocycles. The molecule has 0 aliphatic carbocycles. The molecule has 1 aliphatic rings. The molecule has 1 aliphatic heterocycles. The van der Waals surface area contributed by atoms with E-state index in [0.717, 1.165) is 0 Å². The molecule has 0 fully saturated rings. The van der Waals surface area contributed by atoms with Crippen LogP contribution in [0.4, 0.5) is 0 Å². The summed E-state index contributed by atoms with van der Waals surface area (Å²) in [5.74, 6) is -2.25. The molecule has 1 atom stereocenters. The first kappa shape index (κ1) is 20.1. The Bertz CT molecular complexity index is 1120. The molecule has 2 N–H and O–H groups in total. The van der Waals surface area contributed by atoms with E-state index in [9.17, 15) is 20.2 Å². The van der Waals surface area contributed by atoms with Crippen molar-refractivity contribution in [3.8, 4) is 6.07 Å². The number of benzene rings is 2. The number of hydrogen-bond acceptors (Lipinski definition) is 7. The van der Waals surface area contributed by atoms with Crippen molar-refractivity contribution >= 4 is 27.7 Å². The number of carbonyl (C=O) groups is 1. The Kier molecular flexibility index (Phi) is 5.66. The molecule has 0 radical (unpaired) electrons. The van der Waals surface area contributed by atoms with Crippen molar-refractivity contribution in [3.63, 3.8) is 0 Å². The smallest absolute Gasteiger partial charge is 0.338 e. The van der Waals surface area contributed by atoms with Gasteiger partial charge in [-0.05, 0) is 23.8 Å². The number of carbonyl (C=O) groups excluding carboxylic acids is 1. The van der Waals surface area contributed by atoms with Crippen molar-refractivity contribution in [2.24, 2.45) is 5.73 Å². The Morgan fingerprint density at radius 2 is 2.03 bits per heavy atom. The van der Waals surface area contributed by atoms with Gasteiger partial charge in [0.1, 0.15) is 17.6 Å². The maximum atomic E-state index is 12.2. The predicted molar refractivity (Wildman–Crippen MR) is 106 cm³/mol. The molecule has 3 rings (SSSR count). The molecule has 1 unspecified atom stereocenters. The van der Waals surface area contributed by atoms with Gasteiger partial charge in [-0.25, -0.2) is 4.79 Å². The first-order valence-electron chi connectivity index (χ1n) is 8.28. The van der Waals surface area contributed by atoms with Crippen LogP contribution in [0.1, 0.15) is 27.4 Å². The van der Waals surface area contributed by atoms with Crippen LogP contribution in [0.5, 0.6) is 0 Å². The number of allylic oxidation sites excluding steroid dienone is 1. The predicted octanol–water partition coefficient (Wildman–Crippen LogP) is 3.69. The number of esters is 1. The van der Waals surface area contributed by atoms with Crippen LogP contribution in [0.2, 0.25) is 0 Å². The molecule has 0 spiro atoms. The van der Waals surface area contributed by atoms with E-state index in [1.807, 2.05) is 6.07 Å². The number of nitro groups is 1. The summed E-state index contributed by atoms with van der Waals surface area (Å²) in [7, 11) is 1.20. The summed E-state index contributed by atoms with van der Waals surface area (Å²) in [6.07, 6.45) is 0. The minimum absolute atomic E-state index is 0.0746. The minimum atomic E-state index is -1.08. The Morgan fingerprint density at radius 1 is 1.31 bits per heavy atom. The van der Waals surface area contributed by atoms with Crippen LogP contribution in [0.15, 0.2) is 70.2 Å². The molecule has 29 heavy (non-hydrogen) atoms. The summed E-state index contributed by atoms with van der Waals surface area (Å²) in [6, 6.07) is 14.8. The summed E-state index contributed by atoms with van der Waals surface area (Å²) >= 11 is 3.33. The lowest BCUT2D eigenvalue weighted by Crippen LogP contribution is -2.25. The molecule has 146 valence electrons. The minimum Gasteiger partial charge on any atom is -0.465 e. The van der Waals surface area contributed by atoms with E-state index in [2.05, 4.69) is 15.9 Å². The molecule has 9 heteroatoms. The maximum Gasteiger partial charge on any atom is 0.338 e. The van der Waals surface area contributed by atoms with Gasteiger partial charge in [0, 0.05) is 10.0 Å². The van der Waals surface area contributed by atoms with Gasteiger partial charge in [0.25, 0.3) is 0 Å². The molecular weight excluding hydrogens is 442 g/mol. The first-order valence-corrected chi connectivity index (χ1v) is 9.07. The average molecular weight is 456 g/mol. The fraction of sp³-hybridized carbons (Fsp3) is 0.100. The first-order chi connectivity index (χ1) is 13.9. The molecule has 0 amide bonds. The van der Waals surface area contributed by atoms with E-state index >= 15 is 0 Å². The van der Waals surface area contributed by atoms with Crippen LogP contribution in [-0.4, -0.2) is 18.0 Å². The molecule has 1 heterocycles. The normalized spacial score (nSPS) is 16.1. The van der Waals surface area contributed by atoms with Gasteiger partial charge >= 0.3 is 11.7 Å². The summed E-state index contributed by atoms with van der Waals surface area (Å²) in [5.41, 5.74) is 6.16. The van der Waals surface area contributed by atoms with E-state index in [0.29, 0.717) is 10.0 Å². The highest BCUT2D eigenvalue weighted by molar-refractivity contribution is 9.10. The number of methoxy groups -OCH3 is 1. The monoisotopic (exact) mass is 455 g/mol. The number of hydrogen-bond donors (Lipinski definition) is 1. The number of rotatable bonds is 4. The zero-order valence-electron chi connectivity index (χ0n) is 15.1. The number of nitriles is 1. The fourth-order valence-corrected chi connectivity index (χ4v) is 3.52. The van der Waals surface area contributed by atoms with E-state index < -0.39 is 22.5 Å². The van der Waals surface area contributed by atoms with Gasteiger partial charge in [0.05, 0.1) is 17.6 Å². The Balaban J connectivity index is 2.34. The Labute approximate surface area is 174 Å². The fourth-order valence-electron chi connectivity index (χ4n) is 3.11. The second-order valence-corrected chi connectivity index (χ2v) is 6.90. The summed E-state index contributed by atoms with van der Waals surface area (Å²) in [5, 5.41) is 21.7. The van der Waals surface area contributed by atoms with Crippen molar-refractivity contribution in [1.82, 2.24) is 0 Å². The van der Waals surface area contributed by atoms with Gasteiger partial charge in [0.2, 0.25) is 11.6 Å². The van der Waals surface area contributed by atoms with Gasteiger partial charge in [-0.2, -0.15) is 5.26 Å². The third-order valence-electron chi connectivity index (χ3n) is 4.35. The van der Waals surface area contributed by atoms with Gasteiger partial charge < -0.3 is 15.2 Å². The third-order valence-corrected chi connectivity index (χ3v) is 4.84. The Morgan fingerprint density at radius 3 is 2.66 bits per heavy atom. The van der Waals surface area contributed by atoms with Crippen molar-refractivity contribution in [1.29, 1.82) is 5.26 Å². The number of ether oxygens (including phenoxy) is 2. The van der Waals surface area contributed by atoms with E-state index in [1.54, 1.807) is 36.4 Å². The second kappa shape index (κ2) is 8.16. The zero-order chi connectivity index (χ0) is 21.1. The molecule has 0 saturated carbocycles. The lowest BCUT2D eigenvalue weighted by Gasteiger charge is -2.24. The summed E-state index contributed by atoms with van der Waals surface area (Å²) < 4.78 is 11.0. The molecule has 8 nitrogen and oxygen atoms in total. The molecular formula is C20H14BrN3O5. The van der Waals surface area contributed by atoms with Gasteiger partial charge in [-0.3, -0.25) is 10.1 Å². The van der Waals surface area contributed by atoms with Crippen molar-refractivity contribution < 1.29 is 19.2 Å². The maximum absolute atomic E-state index is 12.2. The SMILES string of the molecule is COC(=O)c1ccccc1C1=C([N+](=O)[O-])C(c2cccc(Br)c2)C(C#N)=C(N)O1. The average Bonchev–Trinajstić information content (AvgIpc) is 2.72. The number of nitrogens with zero attached hydrogens (tertiary/aromatic N) is 2. The van der Waals surface area contributed by atoms with Gasteiger partial charge in [-0.15, -0.1) is 0 Å². The number of nitrogens with two attached hydrogens (primary N) is 1. The second-order valence-electron chi connectivity index (χ2n) is 5.99. The molecule has 0 aromatic heterocycles. The number of halogens is 1. The van der Waals surface area contributed by atoms with Crippen molar-refractivity contribution in [2.45, 2.75) is 5.92 Å². The molecule has 0 bridgehead atoms. The Hall–Kier alpha value is -3.64.